The molecule has 0 amide bonds. The van der Waals surface area contributed by atoms with Crippen LogP contribution in [0.25, 0.3) is 5.57 Å². The average molecular weight is 268 g/mol. The van der Waals surface area contributed by atoms with Gasteiger partial charge in [-0.3, -0.25) is 0 Å². The molecule has 0 heterocycles. The summed E-state index contributed by atoms with van der Waals surface area (Å²) in [5.41, 5.74) is 3.63. The minimum atomic E-state index is 0.888. The van der Waals surface area contributed by atoms with Gasteiger partial charge in [0.25, 0.3) is 0 Å². The third-order valence-electron chi connectivity index (χ3n) is 3.33. The monoisotopic (exact) mass is 268 g/mol. The fraction of sp³-hybridized carbons (Fsp3) is 0.222. The molecule has 20 heavy (non-hydrogen) atoms. The van der Waals surface area contributed by atoms with Crippen molar-refractivity contribution in [2.45, 2.75) is 13.3 Å². The van der Waals surface area contributed by atoms with Crippen molar-refractivity contribution in [1.29, 1.82) is 0 Å². The molecule has 2 rings (SSSR count). The van der Waals surface area contributed by atoms with Crippen LogP contribution in [-0.4, -0.2) is 14.2 Å². The first-order valence-corrected chi connectivity index (χ1v) is 6.67. The molecule has 0 aliphatic rings. The summed E-state index contributed by atoms with van der Waals surface area (Å²) in [4.78, 5) is 0. The topological polar surface area (TPSA) is 18.5 Å². The number of allylic oxidation sites excluding steroid dienone is 2. The lowest BCUT2D eigenvalue weighted by molar-refractivity contribution is 0.413. The third-order valence-corrected chi connectivity index (χ3v) is 3.33. The van der Waals surface area contributed by atoms with Crippen LogP contribution in [0, 0.1) is 0 Å². The zero-order valence-corrected chi connectivity index (χ0v) is 12.2. The molecule has 2 heteroatoms. The Morgan fingerprint density at radius 1 is 0.950 bits per heavy atom. The zero-order valence-electron chi connectivity index (χ0n) is 12.2. The quantitative estimate of drug-likeness (QED) is 0.802. The number of hydrogen-bond donors (Lipinski definition) is 0. The molecule has 0 radical (unpaired) electrons. The number of hydrogen-bond acceptors (Lipinski definition) is 2. The van der Waals surface area contributed by atoms with Crippen LogP contribution in [0.15, 0.2) is 54.6 Å². The Bertz CT molecular complexity index is 583. The molecule has 0 saturated heterocycles. The second kappa shape index (κ2) is 6.80. The van der Waals surface area contributed by atoms with E-state index in [1.54, 1.807) is 14.2 Å². The molecule has 104 valence electrons. The normalized spacial score (nSPS) is 11.2. The highest BCUT2D eigenvalue weighted by Crippen LogP contribution is 2.25. The molecule has 2 aromatic rings. The molecule has 0 aromatic heterocycles. The van der Waals surface area contributed by atoms with Crippen molar-refractivity contribution in [2.24, 2.45) is 0 Å². The van der Waals surface area contributed by atoms with E-state index >= 15 is 0 Å². The van der Waals surface area contributed by atoms with Crippen LogP contribution >= 0.6 is 0 Å². The van der Waals surface area contributed by atoms with Gasteiger partial charge in [0, 0.05) is 5.56 Å². The van der Waals surface area contributed by atoms with E-state index in [9.17, 15) is 0 Å². The van der Waals surface area contributed by atoms with Gasteiger partial charge in [0.15, 0.2) is 0 Å². The largest absolute Gasteiger partial charge is 0.497 e. The summed E-state index contributed by atoms with van der Waals surface area (Å²) in [6.07, 6.45) is 3.12. The maximum Gasteiger partial charge on any atom is 0.126 e. The van der Waals surface area contributed by atoms with Gasteiger partial charge in [0.1, 0.15) is 11.5 Å². The van der Waals surface area contributed by atoms with Gasteiger partial charge in [0.2, 0.25) is 0 Å². The number of ether oxygens (including phenoxy) is 2. The second-order valence-electron chi connectivity index (χ2n) is 4.64. The predicted molar refractivity (Wildman–Crippen MR) is 83.3 cm³/mol. The van der Waals surface area contributed by atoms with E-state index in [0.717, 1.165) is 23.5 Å². The van der Waals surface area contributed by atoms with E-state index in [-0.39, 0.29) is 0 Å². The molecule has 0 spiro atoms. The highest BCUT2D eigenvalue weighted by Gasteiger charge is 2.03. The molecule has 0 aliphatic carbocycles. The van der Waals surface area contributed by atoms with E-state index in [4.69, 9.17) is 9.47 Å². The van der Waals surface area contributed by atoms with Gasteiger partial charge in [0.05, 0.1) is 14.2 Å². The van der Waals surface area contributed by atoms with Crippen molar-refractivity contribution >= 4 is 5.57 Å². The van der Waals surface area contributed by atoms with Crippen molar-refractivity contribution in [3.05, 3.63) is 65.7 Å². The average Bonchev–Trinajstić information content (AvgIpc) is 2.53. The Kier molecular flexibility index (Phi) is 4.83. The van der Waals surface area contributed by atoms with Gasteiger partial charge >= 0.3 is 0 Å². The minimum absolute atomic E-state index is 0.888. The number of methoxy groups -OCH3 is 2. The minimum Gasteiger partial charge on any atom is -0.497 e. The van der Waals surface area contributed by atoms with Crippen LogP contribution in [-0.2, 0) is 6.42 Å². The number of benzene rings is 2. The predicted octanol–water partition coefficient (Wildman–Crippen LogP) is 4.35. The maximum atomic E-state index is 5.39. The molecule has 0 aliphatic heterocycles. The summed E-state index contributed by atoms with van der Waals surface area (Å²) in [6.45, 7) is 2.11. The lowest BCUT2D eigenvalue weighted by atomic mass is 10.0. The number of para-hydroxylation sites is 1. The van der Waals surface area contributed by atoms with Crippen LogP contribution in [0.3, 0.4) is 0 Å². The van der Waals surface area contributed by atoms with E-state index < -0.39 is 0 Å². The van der Waals surface area contributed by atoms with E-state index in [1.165, 1.54) is 11.1 Å². The van der Waals surface area contributed by atoms with Gasteiger partial charge in [-0.15, -0.1) is 0 Å². The lowest BCUT2D eigenvalue weighted by Crippen LogP contribution is -1.90. The van der Waals surface area contributed by atoms with Crippen LogP contribution < -0.4 is 9.47 Å². The smallest absolute Gasteiger partial charge is 0.126 e. The fourth-order valence-electron chi connectivity index (χ4n) is 2.11. The van der Waals surface area contributed by atoms with Gasteiger partial charge in [-0.1, -0.05) is 36.4 Å². The Labute approximate surface area is 120 Å². The highest BCUT2D eigenvalue weighted by molar-refractivity contribution is 5.69. The Morgan fingerprint density at radius 2 is 1.65 bits per heavy atom. The van der Waals surface area contributed by atoms with Gasteiger partial charge < -0.3 is 9.47 Å². The van der Waals surface area contributed by atoms with Crippen LogP contribution in [0.2, 0.25) is 0 Å². The maximum absolute atomic E-state index is 5.39. The Balaban J connectivity index is 2.13. The highest BCUT2D eigenvalue weighted by atomic mass is 16.5. The van der Waals surface area contributed by atoms with Crippen LogP contribution in [0.1, 0.15) is 18.1 Å². The Hall–Kier alpha value is -2.22. The van der Waals surface area contributed by atoms with Gasteiger partial charge in [-0.2, -0.15) is 0 Å². The molecule has 0 bridgehead atoms. The molecular weight excluding hydrogens is 248 g/mol. The summed E-state index contributed by atoms with van der Waals surface area (Å²) < 4.78 is 10.6. The second-order valence-corrected chi connectivity index (χ2v) is 4.64. The first kappa shape index (κ1) is 14.2. The van der Waals surface area contributed by atoms with Gasteiger partial charge in [-0.05, 0) is 42.7 Å². The summed E-state index contributed by atoms with van der Waals surface area (Å²) >= 11 is 0. The van der Waals surface area contributed by atoms with Crippen molar-refractivity contribution in [3.63, 3.8) is 0 Å². The molecule has 2 nitrogen and oxygen atoms in total. The standard InChI is InChI=1S/C18H20O2/c1-14(17-6-4-5-7-18(17)20-3)8-9-15-10-12-16(19-2)13-11-15/h4-8,10-13H,9H2,1-3H3/b14-8+. The fourth-order valence-corrected chi connectivity index (χ4v) is 2.11. The van der Waals surface area contributed by atoms with Crippen LogP contribution in [0.4, 0.5) is 0 Å². The van der Waals surface area contributed by atoms with E-state index in [0.29, 0.717) is 0 Å². The lowest BCUT2D eigenvalue weighted by Gasteiger charge is -2.08. The van der Waals surface area contributed by atoms with Crippen molar-refractivity contribution < 1.29 is 9.47 Å². The molecule has 0 fully saturated rings. The number of rotatable bonds is 5. The molecule has 0 atom stereocenters. The van der Waals surface area contributed by atoms with Gasteiger partial charge in [-0.25, -0.2) is 0 Å². The molecule has 0 saturated carbocycles. The van der Waals surface area contributed by atoms with Crippen LogP contribution in [0.5, 0.6) is 11.5 Å². The molecular formula is C18H20O2. The first-order valence-electron chi connectivity index (χ1n) is 6.67. The summed E-state index contributed by atoms with van der Waals surface area (Å²) in [5, 5.41) is 0. The van der Waals surface area contributed by atoms with E-state index in [2.05, 4.69) is 31.2 Å². The SMILES string of the molecule is COc1ccc(C/C=C(\C)c2ccccc2OC)cc1. The van der Waals surface area contributed by atoms with E-state index in [1.807, 2.05) is 30.3 Å². The van der Waals surface area contributed by atoms with Crippen molar-refractivity contribution in [3.8, 4) is 11.5 Å². The summed E-state index contributed by atoms with van der Waals surface area (Å²) in [6, 6.07) is 16.2. The first-order chi connectivity index (χ1) is 9.74. The molecule has 0 unspecified atom stereocenters. The summed E-state index contributed by atoms with van der Waals surface area (Å²) in [7, 11) is 3.39. The third kappa shape index (κ3) is 3.41. The zero-order chi connectivity index (χ0) is 14.4. The summed E-state index contributed by atoms with van der Waals surface area (Å²) in [5.74, 6) is 1.80. The Morgan fingerprint density at radius 3 is 2.30 bits per heavy atom. The molecule has 2 aromatic carbocycles. The van der Waals surface area contributed by atoms with Crippen molar-refractivity contribution in [2.75, 3.05) is 14.2 Å². The van der Waals surface area contributed by atoms with Crippen molar-refractivity contribution in [1.82, 2.24) is 0 Å². The molecule has 0 N–H and O–H groups in total.